The molecule has 0 bridgehead atoms. The minimum atomic E-state index is -0.512. The van der Waals surface area contributed by atoms with Crippen molar-refractivity contribution in [3.8, 4) is 0 Å². The Morgan fingerprint density at radius 3 is 2.62 bits per heavy atom. The maximum Gasteiger partial charge on any atom is 0.338 e. The first-order valence-corrected chi connectivity index (χ1v) is 7.91. The summed E-state index contributed by atoms with van der Waals surface area (Å²) in [6.07, 6.45) is 0. The lowest BCUT2D eigenvalue weighted by Crippen LogP contribution is -2.10. The van der Waals surface area contributed by atoms with Crippen molar-refractivity contribution in [2.75, 3.05) is 5.32 Å². The molecule has 3 rings (SSSR count). The van der Waals surface area contributed by atoms with Crippen LogP contribution in [-0.4, -0.2) is 22.1 Å². The van der Waals surface area contributed by atoms with Crippen LogP contribution in [0.4, 0.5) is 5.69 Å². The number of anilines is 1. The number of carbonyl (C=O) groups is 2. The van der Waals surface area contributed by atoms with E-state index in [9.17, 15) is 9.59 Å². The van der Waals surface area contributed by atoms with Crippen LogP contribution < -0.4 is 5.32 Å². The maximum absolute atomic E-state index is 11.9. The van der Waals surface area contributed by atoms with Gasteiger partial charge in [0.1, 0.15) is 0 Å². The normalized spacial score (nSPS) is 10.4. The van der Waals surface area contributed by atoms with Crippen molar-refractivity contribution < 1.29 is 18.7 Å². The molecular weight excluding hydrogens is 330 g/mol. The summed E-state index contributed by atoms with van der Waals surface area (Å²) in [5.41, 5.74) is 0.956. The highest BCUT2D eigenvalue weighted by Crippen LogP contribution is 2.15. The Labute approximate surface area is 141 Å². The molecule has 1 amide bonds. The molecular formula is C16H13N3O4S. The Morgan fingerprint density at radius 2 is 2.00 bits per heavy atom. The van der Waals surface area contributed by atoms with Gasteiger partial charge in [-0.2, -0.15) is 0 Å². The third-order valence-electron chi connectivity index (χ3n) is 3.02. The topological polar surface area (TPSA) is 94.3 Å². The van der Waals surface area contributed by atoms with E-state index in [-0.39, 0.29) is 18.4 Å². The van der Waals surface area contributed by atoms with E-state index in [1.165, 1.54) is 11.3 Å². The molecule has 3 aromatic rings. The number of nitrogens with one attached hydrogen (secondary N) is 1. The Hall–Kier alpha value is -3.00. The molecule has 0 aliphatic carbocycles. The molecule has 1 N–H and O–H groups in total. The number of aryl methyl sites for hydroxylation is 1. The van der Waals surface area contributed by atoms with Crippen molar-refractivity contribution in [2.45, 2.75) is 13.5 Å². The van der Waals surface area contributed by atoms with Crippen molar-refractivity contribution in [1.29, 1.82) is 0 Å². The lowest BCUT2D eigenvalue weighted by molar-refractivity contribution is 0.0437. The van der Waals surface area contributed by atoms with Gasteiger partial charge >= 0.3 is 5.97 Å². The molecule has 2 aromatic heterocycles. The summed E-state index contributed by atoms with van der Waals surface area (Å²) in [6.45, 7) is 1.57. The van der Waals surface area contributed by atoms with Gasteiger partial charge in [0.2, 0.25) is 5.89 Å². The highest BCUT2D eigenvalue weighted by Gasteiger charge is 2.11. The van der Waals surface area contributed by atoms with E-state index in [1.54, 1.807) is 37.3 Å². The van der Waals surface area contributed by atoms with Crippen LogP contribution in [0.1, 0.15) is 31.8 Å². The molecule has 0 aliphatic heterocycles. The minimum absolute atomic E-state index is 0.0868. The monoisotopic (exact) mass is 343 g/mol. The number of amides is 1. The molecule has 0 saturated carbocycles. The van der Waals surface area contributed by atoms with Gasteiger partial charge in [-0.3, -0.25) is 4.79 Å². The molecule has 7 nitrogen and oxygen atoms in total. The number of nitrogens with zero attached hydrogens (tertiary/aromatic N) is 2. The maximum atomic E-state index is 11.9. The smallest absolute Gasteiger partial charge is 0.338 e. The number of hydrogen-bond acceptors (Lipinski definition) is 7. The fourth-order valence-electron chi connectivity index (χ4n) is 1.90. The van der Waals surface area contributed by atoms with Gasteiger partial charge in [-0.15, -0.1) is 21.5 Å². The van der Waals surface area contributed by atoms with Crippen molar-refractivity contribution in [1.82, 2.24) is 10.2 Å². The lowest BCUT2D eigenvalue weighted by Gasteiger charge is -2.05. The van der Waals surface area contributed by atoms with Crippen molar-refractivity contribution >= 4 is 28.9 Å². The summed E-state index contributed by atoms with van der Waals surface area (Å²) in [5, 5.41) is 12.0. The second-order valence-corrected chi connectivity index (χ2v) is 5.75. The van der Waals surface area contributed by atoms with Gasteiger partial charge in [-0.05, 0) is 35.7 Å². The van der Waals surface area contributed by atoms with Crippen LogP contribution in [0.3, 0.4) is 0 Å². The van der Waals surface area contributed by atoms with Gasteiger partial charge in [-0.1, -0.05) is 6.07 Å². The molecule has 0 fully saturated rings. The SMILES string of the molecule is Cc1nnc(COC(=O)c2ccc(NC(=O)c3cccs3)cc2)o1. The summed E-state index contributed by atoms with van der Waals surface area (Å²) >= 11 is 1.36. The Balaban J connectivity index is 1.57. The van der Waals surface area contributed by atoms with Crippen LogP contribution in [0.5, 0.6) is 0 Å². The molecule has 0 atom stereocenters. The van der Waals surface area contributed by atoms with Crippen LogP contribution in [0.2, 0.25) is 0 Å². The van der Waals surface area contributed by atoms with Crippen LogP contribution >= 0.6 is 11.3 Å². The van der Waals surface area contributed by atoms with E-state index < -0.39 is 5.97 Å². The summed E-state index contributed by atoms with van der Waals surface area (Å²) in [4.78, 5) is 24.5. The average molecular weight is 343 g/mol. The number of thiophene rings is 1. The number of aromatic nitrogens is 2. The number of ether oxygens (including phenoxy) is 1. The van der Waals surface area contributed by atoms with Crippen molar-refractivity contribution in [3.05, 3.63) is 64.0 Å². The first-order chi connectivity index (χ1) is 11.6. The molecule has 0 saturated heterocycles. The second kappa shape index (κ2) is 7.05. The predicted molar refractivity (Wildman–Crippen MR) is 86.9 cm³/mol. The largest absolute Gasteiger partial charge is 0.452 e. The van der Waals surface area contributed by atoms with E-state index >= 15 is 0 Å². The molecule has 2 heterocycles. The average Bonchev–Trinajstić information content (AvgIpc) is 3.25. The summed E-state index contributed by atoms with van der Waals surface area (Å²) in [5.74, 6) is -0.0540. The standard InChI is InChI=1S/C16H13N3O4S/c1-10-18-19-14(23-10)9-22-16(21)11-4-6-12(7-5-11)17-15(20)13-3-2-8-24-13/h2-8H,9H2,1H3,(H,17,20). The van der Waals surface area contributed by atoms with Crippen LogP contribution in [0.25, 0.3) is 0 Å². The fourth-order valence-corrected chi connectivity index (χ4v) is 2.52. The van der Waals surface area contributed by atoms with E-state index in [1.807, 2.05) is 11.4 Å². The van der Waals surface area contributed by atoms with Gasteiger partial charge in [0.25, 0.3) is 11.8 Å². The van der Waals surface area contributed by atoms with Gasteiger partial charge < -0.3 is 14.5 Å². The Morgan fingerprint density at radius 1 is 1.21 bits per heavy atom. The van der Waals surface area contributed by atoms with Crippen molar-refractivity contribution in [2.24, 2.45) is 0 Å². The second-order valence-electron chi connectivity index (χ2n) is 4.80. The third kappa shape index (κ3) is 3.85. The quantitative estimate of drug-likeness (QED) is 0.716. The molecule has 0 spiro atoms. The van der Waals surface area contributed by atoms with E-state index in [0.717, 1.165) is 0 Å². The zero-order valence-corrected chi connectivity index (χ0v) is 13.5. The van der Waals surface area contributed by atoms with Gasteiger partial charge in [0, 0.05) is 12.6 Å². The first kappa shape index (κ1) is 15.9. The molecule has 0 aliphatic rings. The highest BCUT2D eigenvalue weighted by atomic mass is 32.1. The molecule has 24 heavy (non-hydrogen) atoms. The molecule has 122 valence electrons. The third-order valence-corrected chi connectivity index (χ3v) is 3.89. The van der Waals surface area contributed by atoms with E-state index in [0.29, 0.717) is 22.0 Å². The molecule has 8 heteroatoms. The molecule has 0 radical (unpaired) electrons. The number of carbonyl (C=O) groups excluding carboxylic acids is 2. The van der Waals surface area contributed by atoms with Crippen LogP contribution in [-0.2, 0) is 11.3 Å². The Bertz CT molecular complexity index is 841. The fraction of sp³-hybridized carbons (Fsp3) is 0.125. The minimum Gasteiger partial charge on any atom is -0.452 e. The number of benzene rings is 1. The number of hydrogen-bond donors (Lipinski definition) is 1. The van der Waals surface area contributed by atoms with Crippen LogP contribution in [0.15, 0.2) is 46.2 Å². The predicted octanol–water partition coefficient (Wildman–Crippen LogP) is 3.05. The van der Waals surface area contributed by atoms with Gasteiger partial charge in [-0.25, -0.2) is 4.79 Å². The lowest BCUT2D eigenvalue weighted by atomic mass is 10.2. The zero-order valence-electron chi connectivity index (χ0n) is 12.7. The first-order valence-electron chi connectivity index (χ1n) is 7.03. The van der Waals surface area contributed by atoms with Gasteiger partial charge in [0.05, 0.1) is 10.4 Å². The zero-order chi connectivity index (χ0) is 16.9. The molecule has 0 unspecified atom stereocenters. The van der Waals surface area contributed by atoms with Crippen molar-refractivity contribution in [3.63, 3.8) is 0 Å². The highest BCUT2D eigenvalue weighted by molar-refractivity contribution is 7.12. The van der Waals surface area contributed by atoms with E-state index in [2.05, 4.69) is 15.5 Å². The number of esters is 1. The summed E-state index contributed by atoms with van der Waals surface area (Å²) in [6, 6.07) is 9.98. The Kier molecular flexibility index (Phi) is 4.66. The van der Waals surface area contributed by atoms with Crippen LogP contribution in [0, 0.1) is 6.92 Å². The van der Waals surface area contributed by atoms with E-state index in [4.69, 9.17) is 9.15 Å². The number of rotatable bonds is 5. The summed E-state index contributed by atoms with van der Waals surface area (Å²) < 4.78 is 10.2. The molecule has 1 aromatic carbocycles. The summed E-state index contributed by atoms with van der Waals surface area (Å²) in [7, 11) is 0. The van der Waals surface area contributed by atoms with Gasteiger partial charge in [0.15, 0.2) is 6.61 Å².